The summed E-state index contributed by atoms with van der Waals surface area (Å²) in [5, 5.41) is 0. The van der Waals surface area contributed by atoms with Crippen LogP contribution in [0, 0.1) is 5.82 Å². The second-order valence-electron chi connectivity index (χ2n) is 7.02. The molecule has 11 heteroatoms. The van der Waals surface area contributed by atoms with Gasteiger partial charge in [-0.2, -0.15) is 0 Å². The van der Waals surface area contributed by atoms with Crippen LogP contribution in [0.15, 0.2) is 65.7 Å². The number of fused-ring (bicyclic) bond motifs is 1. The van der Waals surface area contributed by atoms with Crippen molar-refractivity contribution >= 4 is 33.5 Å². The number of ether oxygens (including phenoxy) is 1. The number of pyridine rings is 1. The zero-order chi connectivity index (χ0) is 23.8. The first-order chi connectivity index (χ1) is 15.7. The lowest BCUT2D eigenvalue weighted by molar-refractivity contribution is 0.0597. The summed E-state index contributed by atoms with van der Waals surface area (Å²) in [7, 11) is -3.10. The average molecular weight is 469 g/mol. The van der Waals surface area contributed by atoms with E-state index in [-0.39, 0.29) is 28.1 Å². The van der Waals surface area contributed by atoms with E-state index in [0.717, 1.165) is 17.0 Å². The van der Waals surface area contributed by atoms with Gasteiger partial charge in [-0.05, 0) is 54.1 Å². The highest BCUT2D eigenvalue weighted by atomic mass is 32.2. The van der Waals surface area contributed by atoms with E-state index in [9.17, 15) is 27.2 Å². The number of imide groups is 1. The van der Waals surface area contributed by atoms with Gasteiger partial charge in [-0.3, -0.25) is 24.2 Å². The van der Waals surface area contributed by atoms with E-state index in [1.165, 1.54) is 55.8 Å². The highest BCUT2D eigenvalue weighted by molar-refractivity contribution is 7.92. The van der Waals surface area contributed by atoms with Crippen LogP contribution in [0.25, 0.3) is 0 Å². The van der Waals surface area contributed by atoms with E-state index in [0.29, 0.717) is 0 Å². The van der Waals surface area contributed by atoms with Crippen LogP contribution in [-0.4, -0.2) is 43.2 Å². The van der Waals surface area contributed by atoms with Crippen molar-refractivity contribution in [3.05, 3.63) is 89.0 Å². The van der Waals surface area contributed by atoms with E-state index < -0.39 is 45.1 Å². The number of hydrogen-bond acceptors (Lipinski definition) is 7. The topological polar surface area (TPSA) is 123 Å². The number of benzene rings is 2. The van der Waals surface area contributed by atoms with E-state index >= 15 is 0 Å². The van der Waals surface area contributed by atoms with Gasteiger partial charge in [0.1, 0.15) is 11.5 Å². The molecule has 2 aromatic carbocycles. The average Bonchev–Trinajstić information content (AvgIpc) is 3.05. The summed E-state index contributed by atoms with van der Waals surface area (Å²) in [5.41, 5.74) is 0.439. The third-order valence-electron chi connectivity index (χ3n) is 4.94. The first kappa shape index (κ1) is 22.1. The summed E-state index contributed by atoms with van der Waals surface area (Å²) in [4.78, 5) is 41.1. The monoisotopic (exact) mass is 469 g/mol. The molecule has 3 aromatic rings. The third kappa shape index (κ3) is 4.17. The van der Waals surface area contributed by atoms with Gasteiger partial charge in [0.2, 0.25) is 0 Å². The number of amides is 2. The zero-order valence-electron chi connectivity index (χ0n) is 17.1. The quantitative estimate of drug-likeness (QED) is 0.435. The number of carbonyl (C=O) groups is 3. The summed E-state index contributed by atoms with van der Waals surface area (Å²) in [6, 6.07) is 11.4. The number of aromatic nitrogens is 1. The standard InChI is InChI=1S/C22H16FN3O6S/c1-32-22(29)13-5-8-16(9-6-13)25-33(30,31)18-11-15(23)7-4-14(18)12-26-20(27)17-3-2-10-24-19(17)21(26)28/h2-11,25H,12H2,1H3. The van der Waals surface area contributed by atoms with Crippen molar-refractivity contribution in [1.29, 1.82) is 0 Å². The second-order valence-corrected chi connectivity index (χ2v) is 8.67. The van der Waals surface area contributed by atoms with Gasteiger partial charge >= 0.3 is 5.97 Å². The normalized spacial score (nSPS) is 13.1. The SMILES string of the molecule is COC(=O)c1ccc(NS(=O)(=O)c2cc(F)ccc2CN2C(=O)c3cccnc3C2=O)cc1. The number of methoxy groups -OCH3 is 1. The predicted molar refractivity (Wildman–Crippen MR) is 113 cm³/mol. The number of nitrogens with zero attached hydrogens (tertiary/aromatic N) is 2. The van der Waals surface area contributed by atoms with Crippen LogP contribution in [0.4, 0.5) is 10.1 Å². The van der Waals surface area contributed by atoms with Crippen LogP contribution >= 0.6 is 0 Å². The fraction of sp³-hybridized carbons (Fsp3) is 0.0909. The molecule has 0 saturated carbocycles. The molecule has 0 spiro atoms. The van der Waals surface area contributed by atoms with Crippen molar-refractivity contribution in [2.75, 3.05) is 11.8 Å². The first-order valence-corrected chi connectivity index (χ1v) is 11.0. The van der Waals surface area contributed by atoms with Gasteiger partial charge in [-0.25, -0.2) is 17.6 Å². The fourth-order valence-corrected chi connectivity index (χ4v) is 4.64. The molecule has 0 atom stereocenters. The van der Waals surface area contributed by atoms with E-state index in [1.54, 1.807) is 0 Å². The highest BCUT2D eigenvalue weighted by Gasteiger charge is 2.37. The first-order valence-electron chi connectivity index (χ1n) is 9.52. The van der Waals surface area contributed by atoms with Crippen LogP contribution < -0.4 is 4.72 Å². The molecule has 0 fully saturated rings. The van der Waals surface area contributed by atoms with Gasteiger partial charge in [0.15, 0.2) is 0 Å². The number of hydrogen-bond donors (Lipinski definition) is 1. The molecule has 1 aromatic heterocycles. The summed E-state index contributed by atoms with van der Waals surface area (Å²) >= 11 is 0. The number of carbonyl (C=O) groups excluding carboxylic acids is 3. The number of rotatable bonds is 6. The number of sulfonamides is 1. The molecule has 4 rings (SSSR count). The summed E-state index contributed by atoms with van der Waals surface area (Å²) in [5.74, 6) is -2.70. The molecule has 0 unspecified atom stereocenters. The van der Waals surface area contributed by atoms with Crippen molar-refractivity contribution in [1.82, 2.24) is 9.88 Å². The minimum Gasteiger partial charge on any atom is -0.465 e. The van der Waals surface area contributed by atoms with Crippen LogP contribution in [0.2, 0.25) is 0 Å². The summed E-state index contributed by atoms with van der Waals surface area (Å²) < 4.78 is 46.9. The number of nitrogens with one attached hydrogen (secondary N) is 1. The number of anilines is 1. The summed E-state index contributed by atoms with van der Waals surface area (Å²) in [6.07, 6.45) is 1.37. The molecule has 168 valence electrons. The lowest BCUT2D eigenvalue weighted by atomic mass is 10.2. The Bertz CT molecular complexity index is 1350. The Labute approximate surface area is 187 Å². The Balaban J connectivity index is 1.64. The fourth-order valence-electron chi connectivity index (χ4n) is 3.34. The molecule has 2 amide bonds. The lowest BCUT2D eigenvalue weighted by Crippen LogP contribution is -2.30. The van der Waals surface area contributed by atoms with E-state index in [2.05, 4.69) is 14.4 Å². The molecular formula is C22H16FN3O6S. The molecular weight excluding hydrogens is 453 g/mol. The molecule has 0 radical (unpaired) electrons. The van der Waals surface area contributed by atoms with E-state index in [1.807, 2.05) is 0 Å². The molecule has 0 saturated heterocycles. The van der Waals surface area contributed by atoms with Crippen molar-refractivity contribution in [2.45, 2.75) is 11.4 Å². The van der Waals surface area contributed by atoms with Gasteiger partial charge < -0.3 is 4.74 Å². The van der Waals surface area contributed by atoms with Gasteiger partial charge in [-0.1, -0.05) is 6.07 Å². The lowest BCUT2D eigenvalue weighted by Gasteiger charge is -2.17. The zero-order valence-corrected chi connectivity index (χ0v) is 17.9. The Morgan fingerprint density at radius 2 is 1.82 bits per heavy atom. The van der Waals surface area contributed by atoms with Crippen molar-refractivity contribution < 1.29 is 31.9 Å². The van der Waals surface area contributed by atoms with Crippen LogP contribution in [0.3, 0.4) is 0 Å². The highest BCUT2D eigenvalue weighted by Crippen LogP contribution is 2.27. The van der Waals surface area contributed by atoms with Crippen LogP contribution in [0.5, 0.6) is 0 Å². The summed E-state index contributed by atoms with van der Waals surface area (Å²) in [6.45, 7) is -0.397. The Hall–Kier alpha value is -4.12. The molecule has 1 aliphatic heterocycles. The largest absolute Gasteiger partial charge is 0.465 e. The minimum atomic E-state index is -4.32. The van der Waals surface area contributed by atoms with Gasteiger partial charge in [0.05, 0.1) is 29.7 Å². The molecule has 33 heavy (non-hydrogen) atoms. The molecule has 2 heterocycles. The van der Waals surface area contributed by atoms with Crippen molar-refractivity contribution in [3.8, 4) is 0 Å². The molecule has 0 bridgehead atoms. The maximum Gasteiger partial charge on any atom is 0.337 e. The maximum absolute atomic E-state index is 14.0. The van der Waals surface area contributed by atoms with Crippen molar-refractivity contribution in [2.24, 2.45) is 0 Å². The Morgan fingerprint density at radius 3 is 2.48 bits per heavy atom. The second kappa shape index (κ2) is 8.43. The maximum atomic E-state index is 14.0. The van der Waals surface area contributed by atoms with Gasteiger partial charge in [-0.15, -0.1) is 0 Å². The van der Waals surface area contributed by atoms with Crippen molar-refractivity contribution in [3.63, 3.8) is 0 Å². The molecule has 1 aliphatic rings. The van der Waals surface area contributed by atoms with Gasteiger partial charge in [0, 0.05) is 11.9 Å². The number of esters is 1. The Morgan fingerprint density at radius 1 is 1.09 bits per heavy atom. The Kier molecular flexibility index (Phi) is 5.64. The third-order valence-corrected chi connectivity index (χ3v) is 6.40. The van der Waals surface area contributed by atoms with Crippen LogP contribution in [-0.2, 0) is 21.3 Å². The smallest absolute Gasteiger partial charge is 0.337 e. The minimum absolute atomic E-state index is 0.0298. The van der Waals surface area contributed by atoms with Gasteiger partial charge in [0.25, 0.3) is 21.8 Å². The number of halogens is 1. The van der Waals surface area contributed by atoms with Crippen LogP contribution in [0.1, 0.15) is 36.8 Å². The predicted octanol–water partition coefficient (Wildman–Crippen LogP) is 2.60. The molecule has 0 aliphatic carbocycles. The van der Waals surface area contributed by atoms with E-state index in [4.69, 9.17) is 0 Å². The molecule has 9 nitrogen and oxygen atoms in total. The molecule has 1 N–H and O–H groups in total.